The van der Waals surface area contributed by atoms with Gasteiger partial charge in [-0.2, -0.15) is 13.2 Å². The van der Waals surface area contributed by atoms with Crippen molar-refractivity contribution in [1.29, 1.82) is 0 Å². The number of alkyl halides is 3. The van der Waals surface area contributed by atoms with Gasteiger partial charge < -0.3 is 14.5 Å². The average Bonchev–Trinajstić information content (AvgIpc) is 3.16. The van der Waals surface area contributed by atoms with Crippen LogP contribution in [0, 0.1) is 23.3 Å². The fourth-order valence-electron chi connectivity index (χ4n) is 2.45. The van der Waals surface area contributed by atoms with Crippen LogP contribution in [0.3, 0.4) is 0 Å². The monoisotopic (exact) mass is 467 g/mol. The first-order valence-electron chi connectivity index (χ1n) is 8.20. The van der Waals surface area contributed by atoms with Crippen molar-refractivity contribution in [3.63, 3.8) is 0 Å². The number of benzene rings is 2. The molecule has 1 heterocycles. The molecule has 0 spiro atoms. The molecule has 0 saturated carbocycles. The number of nitrogens with one attached hydrogen (secondary N) is 1. The number of hydrogen-bond donors (Lipinski definition) is 1. The van der Waals surface area contributed by atoms with Gasteiger partial charge in [0.2, 0.25) is 0 Å². The van der Waals surface area contributed by atoms with E-state index in [1.807, 2.05) is 0 Å². The second-order valence-electron chi connectivity index (χ2n) is 5.97. The molecular formula is C19H9ClF7NO3. The minimum atomic E-state index is -5.70. The molecule has 1 amide bonds. The van der Waals surface area contributed by atoms with Crippen LogP contribution in [0.15, 0.2) is 40.8 Å². The van der Waals surface area contributed by atoms with E-state index in [4.69, 9.17) is 20.8 Å². The number of carbonyl (C=O) groups is 1. The first kappa shape index (κ1) is 22.5. The van der Waals surface area contributed by atoms with Crippen molar-refractivity contribution < 1.29 is 44.7 Å². The zero-order valence-corrected chi connectivity index (χ0v) is 15.7. The van der Waals surface area contributed by atoms with E-state index in [1.54, 1.807) is 18.2 Å². The van der Waals surface area contributed by atoms with Crippen LogP contribution < -0.4 is 10.1 Å². The molecule has 12 heteroatoms. The van der Waals surface area contributed by atoms with E-state index in [2.05, 4.69) is 0 Å². The Morgan fingerprint density at radius 1 is 1.00 bits per heavy atom. The van der Waals surface area contributed by atoms with Crippen LogP contribution in [0.2, 0.25) is 5.02 Å². The van der Waals surface area contributed by atoms with Crippen LogP contribution in [-0.4, -0.2) is 5.91 Å². The lowest BCUT2D eigenvalue weighted by atomic mass is 10.1. The maximum atomic E-state index is 13.9. The van der Waals surface area contributed by atoms with Crippen LogP contribution in [0.1, 0.15) is 21.9 Å². The van der Waals surface area contributed by atoms with Crippen LogP contribution in [0.4, 0.5) is 36.4 Å². The normalized spacial score (nSPS) is 11.5. The summed E-state index contributed by atoms with van der Waals surface area (Å²) in [6, 6.07) is 8.62. The largest absolute Gasteiger partial charge is 0.486 e. The quantitative estimate of drug-likeness (QED) is 0.352. The third-order valence-electron chi connectivity index (χ3n) is 3.85. The smallest absolute Gasteiger partial charge is 0.422 e. The second kappa shape index (κ2) is 8.50. The van der Waals surface area contributed by atoms with Crippen LogP contribution in [0.5, 0.6) is 5.75 Å². The highest BCUT2D eigenvalue weighted by atomic mass is 35.5. The van der Waals surface area contributed by atoms with Gasteiger partial charge in [-0.3, -0.25) is 4.79 Å². The zero-order chi connectivity index (χ0) is 22.9. The molecule has 0 saturated heterocycles. The predicted molar refractivity (Wildman–Crippen MR) is 93.7 cm³/mol. The molecule has 4 nitrogen and oxygen atoms in total. The summed E-state index contributed by atoms with van der Waals surface area (Å²) in [4.78, 5) is 12.1. The first-order valence-corrected chi connectivity index (χ1v) is 8.58. The van der Waals surface area contributed by atoms with E-state index in [-0.39, 0.29) is 12.4 Å². The molecule has 2 aromatic carbocycles. The van der Waals surface area contributed by atoms with Crippen LogP contribution in [-0.2, 0) is 12.8 Å². The Kier molecular flexibility index (Phi) is 6.16. The summed E-state index contributed by atoms with van der Waals surface area (Å²) in [5, 5.41) is 1.86. The second-order valence-corrected chi connectivity index (χ2v) is 6.41. The van der Waals surface area contributed by atoms with Gasteiger partial charge in [-0.05, 0) is 30.3 Å². The number of rotatable bonds is 5. The minimum absolute atomic E-state index is 0.0795. The van der Waals surface area contributed by atoms with E-state index < -0.39 is 52.4 Å². The molecule has 0 aliphatic heterocycles. The van der Waals surface area contributed by atoms with Crippen molar-refractivity contribution >= 4 is 23.2 Å². The van der Waals surface area contributed by atoms with Crippen molar-refractivity contribution in [3.8, 4) is 5.75 Å². The van der Waals surface area contributed by atoms with E-state index in [1.165, 1.54) is 17.4 Å². The summed E-state index contributed by atoms with van der Waals surface area (Å²) in [7, 11) is 0. The summed E-state index contributed by atoms with van der Waals surface area (Å²) in [6.45, 7) is -0.181. The Bertz CT molecular complexity index is 1120. The molecular weight excluding hydrogens is 459 g/mol. The van der Waals surface area contributed by atoms with Gasteiger partial charge in [0, 0.05) is 5.02 Å². The molecule has 0 aliphatic carbocycles. The molecule has 0 aliphatic rings. The van der Waals surface area contributed by atoms with Gasteiger partial charge in [-0.25, -0.2) is 17.6 Å². The molecule has 31 heavy (non-hydrogen) atoms. The van der Waals surface area contributed by atoms with Crippen molar-refractivity contribution in [3.05, 3.63) is 81.8 Å². The molecule has 1 N–H and O–H groups in total. The molecule has 3 rings (SSSR count). The fraction of sp³-hybridized carbons (Fsp3) is 0.105. The Labute approximate surface area is 174 Å². The lowest BCUT2D eigenvalue weighted by Crippen LogP contribution is -2.20. The van der Waals surface area contributed by atoms with Gasteiger partial charge in [0.15, 0.2) is 29.0 Å². The number of anilines is 1. The van der Waals surface area contributed by atoms with E-state index in [9.17, 15) is 35.5 Å². The third kappa shape index (κ3) is 4.76. The lowest BCUT2D eigenvalue weighted by molar-refractivity contribution is -0.143. The Morgan fingerprint density at radius 2 is 1.65 bits per heavy atom. The lowest BCUT2D eigenvalue weighted by Gasteiger charge is -2.14. The SMILES string of the molecule is O=C(Nc1c(F)c(F)c(C(F)(F)F)c(F)c1F)c1ccc(COc2cccc(Cl)c2)o1. The molecule has 1 aromatic heterocycles. The topological polar surface area (TPSA) is 51.5 Å². The first-order chi connectivity index (χ1) is 14.5. The van der Waals surface area contributed by atoms with Gasteiger partial charge in [-0.15, -0.1) is 0 Å². The van der Waals surface area contributed by atoms with Crippen LogP contribution >= 0.6 is 11.6 Å². The molecule has 0 radical (unpaired) electrons. The maximum absolute atomic E-state index is 13.9. The van der Waals surface area contributed by atoms with E-state index >= 15 is 0 Å². The van der Waals surface area contributed by atoms with Crippen molar-refractivity contribution in [2.45, 2.75) is 12.8 Å². The summed E-state index contributed by atoms with van der Waals surface area (Å²) >= 11 is 5.80. The number of furan rings is 1. The van der Waals surface area contributed by atoms with Gasteiger partial charge in [-0.1, -0.05) is 17.7 Å². The molecule has 0 unspecified atom stereocenters. The molecule has 164 valence electrons. The fourth-order valence-corrected chi connectivity index (χ4v) is 2.63. The summed E-state index contributed by atoms with van der Waals surface area (Å²) in [5.74, 6) is -11.7. The Morgan fingerprint density at radius 3 is 2.23 bits per heavy atom. The van der Waals surface area contributed by atoms with Gasteiger partial charge in [0.25, 0.3) is 5.91 Å². The van der Waals surface area contributed by atoms with E-state index in [0.717, 1.165) is 6.07 Å². The van der Waals surface area contributed by atoms with Crippen LogP contribution in [0.25, 0.3) is 0 Å². The molecule has 0 bridgehead atoms. The molecule has 3 aromatic rings. The number of carbonyl (C=O) groups excluding carboxylic acids is 1. The van der Waals surface area contributed by atoms with Gasteiger partial charge in [0.1, 0.15) is 29.4 Å². The highest BCUT2D eigenvalue weighted by Crippen LogP contribution is 2.38. The molecule has 0 fully saturated rings. The van der Waals surface area contributed by atoms with Gasteiger partial charge >= 0.3 is 6.18 Å². The highest BCUT2D eigenvalue weighted by molar-refractivity contribution is 6.30. The molecule has 0 atom stereocenters. The minimum Gasteiger partial charge on any atom is -0.486 e. The average molecular weight is 468 g/mol. The third-order valence-corrected chi connectivity index (χ3v) is 4.08. The Hall–Kier alpha value is -3.21. The summed E-state index contributed by atoms with van der Waals surface area (Å²) < 4.78 is 103. The number of hydrogen-bond acceptors (Lipinski definition) is 3. The predicted octanol–water partition coefficient (Wildman–Crippen LogP) is 6.34. The van der Waals surface area contributed by atoms with Gasteiger partial charge in [0.05, 0.1) is 0 Å². The van der Waals surface area contributed by atoms with Crippen molar-refractivity contribution in [2.75, 3.05) is 5.32 Å². The highest BCUT2D eigenvalue weighted by Gasteiger charge is 2.42. The zero-order valence-electron chi connectivity index (χ0n) is 14.9. The van der Waals surface area contributed by atoms with E-state index in [0.29, 0.717) is 10.8 Å². The summed E-state index contributed by atoms with van der Waals surface area (Å²) in [5.41, 5.74) is -4.49. The number of amides is 1. The maximum Gasteiger partial charge on any atom is 0.422 e. The number of halogens is 8. The van der Waals surface area contributed by atoms with Crippen molar-refractivity contribution in [2.24, 2.45) is 0 Å². The Balaban J connectivity index is 1.78. The van der Waals surface area contributed by atoms with Crippen molar-refractivity contribution in [1.82, 2.24) is 0 Å². The number of ether oxygens (including phenoxy) is 1. The standard InChI is InChI=1S/C19H9ClF7NO3/c20-8-2-1-3-9(6-8)30-7-10-4-5-11(31-10)18(29)28-17-15(23)13(21)12(19(25,26)27)14(22)16(17)24/h1-6H,7H2,(H,28,29). The summed E-state index contributed by atoms with van der Waals surface area (Å²) in [6.07, 6.45) is -5.70.